The van der Waals surface area contributed by atoms with Crippen LogP contribution >= 0.6 is 0 Å². The number of rotatable bonds is 1. The third-order valence-electron chi connectivity index (χ3n) is 4.64. The second-order valence-electron chi connectivity index (χ2n) is 7.03. The number of nitrogens with one attached hydrogen (secondary N) is 1. The first-order valence-electron chi connectivity index (χ1n) is 9.34. The first-order chi connectivity index (χ1) is 14.1. The van der Waals surface area contributed by atoms with E-state index in [1.807, 2.05) is 72.9 Å². The quantitative estimate of drug-likeness (QED) is 0.724. The summed E-state index contributed by atoms with van der Waals surface area (Å²) in [7, 11) is 0. The molecule has 0 spiro atoms. The molecule has 0 unspecified atom stereocenters. The van der Waals surface area contributed by atoms with Gasteiger partial charge >= 0.3 is 0 Å². The molecule has 0 atom stereocenters. The number of aliphatic imine (C=N–C) groups is 3. The summed E-state index contributed by atoms with van der Waals surface area (Å²) >= 11 is 0. The van der Waals surface area contributed by atoms with Crippen molar-refractivity contribution in [1.82, 2.24) is 4.98 Å². The Morgan fingerprint density at radius 1 is 0.793 bits per heavy atom. The topological polar surface area (TPSA) is 73.1 Å². The highest BCUT2D eigenvalue weighted by atomic mass is 16.3. The number of hydrogen-bond donors (Lipinski definition) is 2. The van der Waals surface area contributed by atoms with Crippen molar-refractivity contribution < 1.29 is 5.11 Å². The Bertz CT molecular complexity index is 1340. The number of nitrogens with zero attached hydrogens (tertiary/aromatic N) is 3. The van der Waals surface area contributed by atoms with Gasteiger partial charge in [0.25, 0.3) is 0 Å². The highest BCUT2D eigenvalue weighted by Crippen LogP contribution is 2.18. The molecule has 0 saturated carbocycles. The molecule has 5 heterocycles. The maximum Gasteiger partial charge on any atom is 0.0891 e. The molecule has 0 amide bonds. The summed E-state index contributed by atoms with van der Waals surface area (Å²) in [6.45, 7) is 1.65. The average molecular weight is 378 g/mol. The molecule has 4 aliphatic heterocycles. The summed E-state index contributed by atoms with van der Waals surface area (Å²) in [5.74, 6) is 0.253. The fourth-order valence-electron chi connectivity index (χ4n) is 3.33. The van der Waals surface area contributed by atoms with Crippen LogP contribution in [-0.4, -0.2) is 27.2 Å². The van der Waals surface area contributed by atoms with Crippen molar-refractivity contribution in [2.75, 3.05) is 0 Å². The Kier molecular flexibility index (Phi) is 4.06. The van der Waals surface area contributed by atoms with Crippen molar-refractivity contribution in [3.8, 4) is 0 Å². The maximum atomic E-state index is 9.54. The molecular formula is C24H18N4O. The molecule has 1 aromatic heterocycles. The van der Waals surface area contributed by atoms with Crippen LogP contribution in [0.3, 0.4) is 0 Å². The monoisotopic (exact) mass is 378 g/mol. The number of aromatic amines is 1. The van der Waals surface area contributed by atoms with Gasteiger partial charge in [-0.1, -0.05) is 0 Å². The van der Waals surface area contributed by atoms with Crippen molar-refractivity contribution in [3.05, 3.63) is 99.9 Å². The van der Waals surface area contributed by atoms with Crippen LogP contribution in [0, 0.1) is 0 Å². The Morgan fingerprint density at radius 2 is 1.34 bits per heavy atom. The van der Waals surface area contributed by atoms with Crippen LogP contribution in [0.15, 0.2) is 98.6 Å². The summed E-state index contributed by atoms with van der Waals surface area (Å²) < 4.78 is 0. The van der Waals surface area contributed by atoms with Gasteiger partial charge in [-0.15, -0.1) is 0 Å². The van der Waals surface area contributed by atoms with Gasteiger partial charge in [-0.25, -0.2) is 15.0 Å². The molecule has 0 fully saturated rings. The molecule has 29 heavy (non-hydrogen) atoms. The smallest absolute Gasteiger partial charge is 0.0891 e. The van der Waals surface area contributed by atoms with Crippen molar-refractivity contribution in [3.63, 3.8) is 0 Å². The summed E-state index contributed by atoms with van der Waals surface area (Å²) in [5.41, 5.74) is 6.10. The van der Waals surface area contributed by atoms with Gasteiger partial charge in [-0.05, 0) is 85.9 Å². The number of allylic oxidation sites excluding steroid dienone is 10. The zero-order valence-electron chi connectivity index (χ0n) is 15.8. The fourth-order valence-corrected chi connectivity index (χ4v) is 3.33. The van der Waals surface area contributed by atoms with E-state index in [0.717, 1.165) is 50.5 Å². The zero-order chi connectivity index (χ0) is 19.8. The second kappa shape index (κ2) is 6.87. The van der Waals surface area contributed by atoms with Crippen LogP contribution < -0.4 is 10.6 Å². The van der Waals surface area contributed by atoms with E-state index in [2.05, 4.69) is 20.0 Å². The lowest BCUT2D eigenvalue weighted by molar-refractivity contribution is 0.415. The van der Waals surface area contributed by atoms with E-state index in [0.29, 0.717) is 0 Å². The number of hydrogen-bond acceptors (Lipinski definition) is 4. The SMILES string of the molecule is CC(O)=CC=c1cc2[nH]c1=CC1=NC(=CC3=NC(=CC4=NC(=C2)C=C4)C=C3)C=C1. The van der Waals surface area contributed by atoms with Crippen LogP contribution in [0.4, 0.5) is 0 Å². The van der Waals surface area contributed by atoms with Crippen LogP contribution in [-0.2, 0) is 0 Å². The predicted octanol–water partition coefficient (Wildman–Crippen LogP) is 3.19. The predicted molar refractivity (Wildman–Crippen MR) is 119 cm³/mol. The molecular weight excluding hydrogens is 360 g/mol. The van der Waals surface area contributed by atoms with Crippen LogP contribution in [0.1, 0.15) is 12.6 Å². The maximum absolute atomic E-state index is 9.54. The lowest BCUT2D eigenvalue weighted by Crippen LogP contribution is -2.23. The first-order valence-corrected chi connectivity index (χ1v) is 9.34. The third kappa shape index (κ3) is 3.71. The molecule has 0 aliphatic carbocycles. The number of aromatic nitrogens is 1. The van der Waals surface area contributed by atoms with Gasteiger partial charge in [0, 0.05) is 16.3 Å². The molecule has 0 aromatic carbocycles. The van der Waals surface area contributed by atoms with E-state index in [4.69, 9.17) is 0 Å². The van der Waals surface area contributed by atoms with Gasteiger partial charge in [-0.2, -0.15) is 0 Å². The lowest BCUT2D eigenvalue weighted by atomic mass is 10.2. The Hall–Kier alpha value is -3.99. The Balaban J connectivity index is 1.72. The van der Waals surface area contributed by atoms with E-state index in [9.17, 15) is 5.11 Å². The molecule has 1 aromatic rings. The van der Waals surface area contributed by atoms with Gasteiger partial charge in [0.05, 0.1) is 40.0 Å². The van der Waals surface area contributed by atoms with Crippen molar-refractivity contribution >= 4 is 35.4 Å². The van der Waals surface area contributed by atoms with E-state index < -0.39 is 0 Å². The highest BCUT2D eigenvalue weighted by molar-refractivity contribution is 6.20. The number of aliphatic hydroxyl groups is 1. The van der Waals surface area contributed by atoms with Gasteiger partial charge in [0.1, 0.15) is 0 Å². The van der Waals surface area contributed by atoms with E-state index in [1.54, 1.807) is 13.0 Å². The van der Waals surface area contributed by atoms with E-state index in [-0.39, 0.29) is 5.76 Å². The second-order valence-corrected chi connectivity index (χ2v) is 7.03. The summed E-state index contributed by atoms with van der Waals surface area (Å²) in [5, 5.41) is 11.4. The number of fused-ring (bicyclic) bond motifs is 5. The first kappa shape index (κ1) is 17.1. The number of aliphatic hydroxyl groups excluding tert-OH is 1. The lowest BCUT2D eigenvalue weighted by Gasteiger charge is -1.93. The number of H-pyrrole nitrogens is 1. The Morgan fingerprint density at radius 3 is 1.93 bits per heavy atom. The van der Waals surface area contributed by atoms with Crippen molar-refractivity contribution in [1.29, 1.82) is 0 Å². The Labute approximate surface area is 167 Å². The molecule has 2 N–H and O–H groups in total. The zero-order valence-corrected chi connectivity index (χ0v) is 15.8. The molecule has 140 valence electrons. The average Bonchev–Trinajstić information content (AvgIpc) is 3.45. The van der Waals surface area contributed by atoms with E-state index >= 15 is 0 Å². The van der Waals surface area contributed by atoms with Gasteiger partial charge < -0.3 is 10.1 Å². The van der Waals surface area contributed by atoms with Crippen LogP contribution in [0.25, 0.3) is 18.2 Å². The normalized spacial score (nSPS) is 20.2. The molecule has 4 aliphatic rings. The summed E-state index contributed by atoms with van der Waals surface area (Å²) in [4.78, 5) is 17.4. The van der Waals surface area contributed by atoms with Crippen molar-refractivity contribution in [2.24, 2.45) is 15.0 Å². The molecule has 5 nitrogen and oxygen atoms in total. The molecule has 8 bridgehead atoms. The van der Waals surface area contributed by atoms with Crippen LogP contribution in [0.5, 0.6) is 0 Å². The highest BCUT2D eigenvalue weighted by Gasteiger charge is 2.09. The minimum absolute atomic E-state index is 0.253. The molecule has 0 saturated heterocycles. The molecule has 5 rings (SSSR count). The summed E-state index contributed by atoms with van der Waals surface area (Å²) in [6.07, 6.45) is 23.3. The van der Waals surface area contributed by atoms with E-state index in [1.165, 1.54) is 0 Å². The standard InChI is InChI=1S/C24H18N4O/c1-15(29)2-3-16-10-23-13-21-7-6-19(26-21)11-17-4-5-18(25-17)12-20-8-9-22(27-20)14-24(16)28-23/h2-14,28-29H,1H3. The fraction of sp³-hybridized carbons (Fsp3) is 0.0417. The minimum Gasteiger partial charge on any atom is -0.513 e. The van der Waals surface area contributed by atoms with Crippen LogP contribution in [0.2, 0.25) is 0 Å². The van der Waals surface area contributed by atoms with Gasteiger partial charge in [-0.3, -0.25) is 0 Å². The van der Waals surface area contributed by atoms with Crippen molar-refractivity contribution in [2.45, 2.75) is 6.92 Å². The minimum atomic E-state index is 0.253. The van der Waals surface area contributed by atoms with Gasteiger partial charge in [0.2, 0.25) is 0 Å². The van der Waals surface area contributed by atoms with Gasteiger partial charge in [0.15, 0.2) is 0 Å². The molecule has 0 radical (unpaired) electrons. The largest absolute Gasteiger partial charge is 0.513 e. The summed E-state index contributed by atoms with van der Waals surface area (Å²) in [6, 6.07) is 2.03. The third-order valence-corrected chi connectivity index (χ3v) is 4.64. The molecule has 5 heteroatoms.